The number of aryl methyl sites for hydroxylation is 2. The van der Waals surface area contributed by atoms with Gasteiger partial charge in [-0.2, -0.15) is 4.72 Å². The normalized spacial score (nSPS) is 18.2. The zero-order chi connectivity index (χ0) is 23.7. The van der Waals surface area contributed by atoms with Gasteiger partial charge >= 0.3 is 0 Å². The number of nitrogens with zero attached hydrogens (tertiary/aromatic N) is 2. The maximum Gasteiger partial charge on any atom is 0.266 e. The van der Waals surface area contributed by atoms with Crippen molar-refractivity contribution < 1.29 is 4.55 Å². The first-order valence-electron chi connectivity index (χ1n) is 11.7. The lowest BCUT2D eigenvalue weighted by molar-refractivity contribution is 0.450. The molecule has 0 spiro atoms. The fourth-order valence-electron chi connectivity index (χ4n) is 5.13. The number of hydrogen-bond donors (Lipinski definition) is 1. The molecular formula is C29H29N3OS. The van der Waals surface area contributed by atoms with Crippen LogP contribution in [0.25, 0.3) is 11.3 Å². The van der Waals surface area contributed by atoms with Crippen LogP contribution in [0, 0.1) is 13.8 Å². The third-order valence-corrected chi connectivity index (χ3v) is 7.97. The Labute approximate surface area is 204 Å². The molecule has 3 aromatic carbocycles. The van der Waals surface area contributed by atoms with E-state index in [1.807, 2.05) is 30.3 Å². The summed E-state index contributed by atoms with van der Waals surface area (Å²) < 4.78 is 16.2. The quantitative estimate of drug-likeness (QED) is 0.339. The molecule has 0 fully saturated rings. The smallest absolute Gasteiger partial charge is 0.266 e. The fraction of sp³-hybridized carbons (Fsp3) is 0.241. The van der Waals surface area contributed by atoms with Crippen LogP contribution in [0.4, 0.5) is 5.95 Å². The summed E-state index contributed by atoms with van der Waals surface area (Å²) in [5.41, 5.74) is 7.70. The molecule has 1 N–H and O–H groups in total. The second-order valence-corrected chi connectivity index (χ2v) is 10.4. The van der Waals surface area contributed by atoms with Gasteiger partial charge in [0, 0.05) is 16.5 Å². The van der Waals surface area contributed by atoms with Crippen molar-refractivity contribution in [3.8, 4) is 11.3 Å². The summed E-state index contributed by atoms with van der Waals surface area (Å²) in [7, 11) is 0. The zero-order valence-electron chi connectivity index (χ0n) is 19.8. The van der Waals surface area contributed by atoms with Gasteiger partial charge < -0.3 is 4.55 Å². The van der Waals surface area contributed by atoms with Crippen LogP contribution in [0.1, 0.15) is 47.7 Å². The molecule has 1 aliphatic rings. The summed E-state index contributed by atoms with van der Waals surface area (Å²) in [4.78, 5) is 10.7. The summed E-state index contributed by atoms with van der Waals surface area (Å²) in [5, 5.41) is 0. The van der Waals surface area contributed by atoms with Gasteiger partial charge in [0.1, 0.15) is 11.4 Å². The van der Waals surface area contributed by atoms with E-state index in [1.165, 1.54) is 22.3 Å². The minimum absolute atomic E-state index is 0.242. The highest BCUT2D eigenvalue weighted by Crippen LogP contribution is 2.45. The van der Waals surface area contributed by atoms with E-state index in [4.69, 9.17) is 9.97 Å². The molecule has 2 unspecified atom stereocenters. The van der Waals surface area contributed by atoms with E-state index < -0.39 is 11.4 Å². The predicted octanol–water partition coefficient (Wildman–Crippen LogP) is 6.54. The molecule has 0 aliphatic heterocycles. The molecule has 5 rings (SSSR count). The summed E-state index contributed by atoms with van der Waals surface area (Å²) in [6.45, 7) is 6.54. The fourth-order valence-corrected chi connectivity index (χ4v) is 5.91. The van der Waals surface area contributed by atoms with E-state index in [1.54, 1.807) is 0 Å². The Balaban J connectivity index is 1.71. The van der Waals surface area contributed by atoms with Gasteiger partial charge in [-0.3, -0.25) is 0 Å². The van der Waals surface area contributed by atoms with E-state index in [2.05, 4.69) is 74.0 Å². The monoisotopic (exact) mass is 467 g/mol. The highest BCUT2D eigenvalue weighted by molar-refractivity contribution is 7.92. The van der Waals surface area contributed by atoms with Crippen LogP contribution >= 0.6 is 0 Å². The minimum atomic E-state index is -1.45. The highest BCUT2D eigenvalue weighted by atomic mass is 32.2. The van der Waals surface area contributed by atoms with Crippen molar-refractivity contribution in [2.45, 2.75) is 50.3 Å². The van der Waals surface area contributed by atoms with Gasteiger partial charge in [0.25, 0.3) is 5.95 Å². The standard InChI is InChI=1S/C29H29N3OS/c1-20-12-10-13-21(2)25(20)26-24-18-11-19-29(3,22-14-6-4-7-15-22)27(24)31-28(30-26)32-34(33)23-16-8-5-9-17-23/h4-10,12-17H,11,18-19H2,1-3H3,(H,30,31,32). The third-order valence-electron chi connectivity index (χ3n) is 6.90. The molecule has 2 atom stereocenters. The molecule has 1 aliphatic carbocycles. The molecule has 172 valence electrons. The van der Waals surface area contributed by atoms with Crippen LogP contribution in [0.5, 0.6) is 0 Å². The van der Waals surface area contributed by atoms with Gasteiger partial charge in [-0.15, -0.1) is 0 Å². The van der Waals surface area contributed by atoms with Gasteiger partial charge in [0.15, 0.2) is 4.90 Å². The molecule has 34 heavy (non-hydrogen) atoms. The van der Waals surface area contributed by atoms with E-state index in [0.717, 1.165) is 36.2 Å². The molecule has 0 radical (unpaired) electrons. The SMILES string of the molecule is Cc1cccc(C)c1-c1nc(N[S+]([O-])c2ccccc2)nc2c1CCCC2(C)c1ccccc1. The lowest BCUT2D eigenvalue weighted by atomic mass is 9.69. The average Bonchev–Trinajstić information content (AvgIpc) is 2.85. The van der Waals surface area contributed by atoms with Crippen molar-refractivity contribution in [3.63, 3.8) is 0 Å². The van der Waals surface area contributed by atoms with Crippen LogP contribution < -0.4 is 4.72 Å². The lowest BCUT2D eigenvalue weighted by Gasteiger charge is -2.36. The Kier molecular flexibility index (Phi) is 6.15. The van der Waals surface area contributed by atoms with Crippen molar-refractivity contribution >= 4 is 17.3 Å². The van der Waals surface area contributed by atoms with Gasteiger partial charge in [0.2, 0.25) is 0 Å². The van der Waals surface area contributed by atoms with Crippen molar-refractivity contribution in [3.05, 3.63) is 107 Å². The summed E-state index contributed by atoms with van der Waals surface area (Å²) in [5.74, 6) is 0.405. The van der Waals surface area contributed by atoms with Crippen molar-refractivity contribution in [2.75, 3.05) is 4.72 Å². The number of nitrogens with one attached hydrogen (secondary N) is 1. The van der Waals surface area contributed by atoms with Crippen molar-refractivity contribution in [1.29, 1.82) is 0 Å². The lowest BCUT2D eigenvalue weighted by Crippen LogP contribution is -2.32. The summed E-state index contributed by atoms with van der Waals surface area (Å²) in [6.07, 6.45) is 3.01. The van der Waals surface area contributed by atoms with Gasteiger partial charge in [0.05, 0.1) is 11.4 Å². The van der Waals surface area contributed by atoms with Crippen LogP contribution in [-0.4, -0.2) is 14.5 Å². The van der Waals surface area contributed by atoms with E-state index >= 15 is 0 Å². The summed E-state index contributed by atoms with van der Waals surface area (Å²) in [6, 6.07) is 26.3. The van der Waals surface area contributed by atoms with Crippen molar-refractivity contribution in [1.82, 2.24) is 9.97 Å². The Morgan fingerprint density at radius 2 is 1.50 bits per heavy atom. The van der Waals surface area contributed by atoms with Gasteiger partial charge in [-0.25, -0.2) is 9.97 Å². The van der Waals surface area contributed by atoms with E-state index in [-0.39, 0.29) is 5.41 Å². The molecule has 0 saturated carbocycles. The minimum Gasteiger partial charge on any atom is -0.588 e. The Hall–Kier alpha value is -3.15. The molecule has 1 aromatic heterocycles. The first-order chi connectivity index (χ1) is 16.5. The largest absolute Gasteiger partial charge is 0.588 e. The molecule has 4 nitrogen and oxygen atoms in total. The van der Waals surface area contributed by atoms with Crippen LogP contribution in [0.3, 0.4) is 0 Å². The zero-order valence-corrected chi connectivity index (χ0v) is 20.7. The molecule has 0 bridgehead atoms. The molecule has 0 saturated heterocycles. The number of aromatic nitrogens is 2. The number of rotatable bonds is 5. The van der Waals surface area contributed by atoms with Crippen molar-refractivity contribution in [2.24, 2.45) is 0 Å². The molecular weight excluding hydrogens is 438 g/mol. The van der Waals surface area contributed by atoms with Crippen LogP contribution in [-0.2, 0) is 23.2 Å². The predicted molar refractivity (Wildman–Crippen MR) is 139 cm³/mol. The topological polar surface area (TPSA) is 60.9 Å². The maximum absolute atomic E-state index is 13.1. The number of benzene rings is 3. The Morgan fingerprint density at radius 1 is 0.853 bits per heavy atom. The van der Waals surface area contributed by atoms with Gasteiger partial charge in [-0.05, 0) is 68.9 Å². The number of hydrogen-bond acceptors (Lipinski definition) is 4. The summed E-state index contributed by atoms with van der Waals surface area (Å²) >= 11 is -1.45. The van der Waals surface area contributed by atoms with Crippen LogP contribution in [0.15, 0.2) is 83.8 Å². The maximum atomic E-state index is 13.1. The molecule has 4 aromatic rings. The second kappa shape index (κ2) is 9.24. The van der Waals surface area contributed by atoms with Gasteiger partial charge in [-0.1, -0.05) is 66.7 Å². The first-order valence-corrected chi connectivity index (χ1v) is 12.9. The number of fused-ring (bicyclic) bond motifs is 1. The number of anilines is 1. The average molecular weight is 468 g/mol. The molecule has 1 heterocycles. The van der Waals surface area contributed by atoms with Crippen LogP contribution in [0.2, 0.25) is 0 Å². The molecule has 0 amide bonds. The highest BCUT2D eigenvalue weighted by Gasteiger charge is 2.38. The Bertz CT molecular complexity index is 1290. The third kappa shape index (κ3) is 4.10. The second-order valence-electron chi connectivity index (χ2n) is 9.23. The first kappa shape index (κ1) is 22.6. The van der Waals surface area contributed by atoms with E-state index in [9.17, 15) is 4.55 Å². The Morgan fingerprint density at radius 3 is 2.18 bits per heavy atom. The molecule has 5 heteroatoms. The van der Waals surface area contributed by atoms with E-state index in [0.29, 0.717) is 10.8 Å².